The van der Waals surface area contributed by atoms with Gasteiger partial charge in [-0.25, -0.2) is 0 Å². The molecule has 0 heterocycles. The summed E-state index contributed by atoms with van der Waals surface area (Å²) in [6, 6.07) is 6.72. The predicted octanol–water partition coefficient (Wildman–Crippen LogP) is 4.98. The molecule has 1 aromatic rings. The largest absolute Gasteiger partial charge is 0.392 e. The first-order valence-electron chi connectivity index (χ1n) is 9.05. The Balaban J connectivity index is 1.69. The van der Waals surface area contributed by atoms with Crippen LogP contribution < -0.4 is 0 Å². The molecule has 4 atom stereocenters. The molecule has 0 aliphatic heterocycles. The number of aliphatic hydroxyl groups is 1. The fraction of sp³-hybridized carbons (Fsp3) is 0.619. The van der Waals surface area contributed by atoms with E-state index in [2.05, 4.69) is 38.1 Å². The number of hydrogen-bond donors (Lipinski definition) is 1. The Hall–Kier alpha value is -1.08. The molecule has 1 nitrogen and oxygen atoms in total. The Morgan fingerprint density at radius 2 is 2.09 bits per heavy atom. The van der Waals surface area contributed by atoms with Crippen LogP contribution in [0.15, 0.2) is 29.8 Å². The highest BCUT2D eigenvalue weighted by Gasteiger charge is 2.52. The fourth-order valence-electron chi connectivity index (χ4n) is 6.06. The van der Waals surface area contributed by atoms with Crippen LogP contribution in [0.1, 0.15) is 68.6 Å². The Labute approximate surface area is 134 Å². The summed E-state index contributed by atoms with van der Waals surface area (Å²) in [5, 5.41) is 9.38. The van der Waals surface area contributed by atoms with Gasteiger partial charge in [0.1, 0.15) is 0 Å². The molecule has 4 rings (SSSR count). The minimum atomic E-state index is 0.173. The molecule has 0 saturated heterocycles. The van der Waals surface area contributed by atoms with E-state index in [1.165, 1.54) is 44.1 Å². The van der Waals surface area contributed by atoms with E-state index >= 15 is 0 Å². The van der Waals surface area contributed by atoms with E-state index in [-0.39, 0.29) is 6.61 Å². The van der Waals surface area contributed by atoms with Crippen LogP contribution in [0.3, 0.4) is 0 Å². The molecule has 3 aliphatic carbocycles. The molecule has 1 heteroatoms. The van der Waals surface area contributed by atoms with Crippen LogP contribution in [0, 0.1) is 17.3 Å². The Morgan fingerprint density at radius 3 is 2.86 bits per heavy atom. The third-order valence-corrected chi connectivity index (χ3v) is 7.17. The minimum absolute atomic E-state index is 0.173. The summed E-state index contributed by atoms with van der Waals surface area (Å²) in [7, 11) is 0. The molecule has 0 radical (unpaired) electrons. The Morgan fingerprint density at radius 1 is 1.23 bits per heavy atom. The summed E-state index contributed by atoms with van der Waals surface area (Å²) >= 11 is 0. The molecular weight excluding hydrogens is 268 g/mol. The lowest BCUT2D eigenvalue weighted by molar-refractivity contribution is 0.0813. The Kier molecular flexibility index (Phi) is 3.45. The van der Waals surface area contributed by atoms with Gasteiger partial charge in [-0.3, -0.25) is 0 Å². The van der Waals surface area contributed by atoms with Crippen LogP contribution in [-0.4, -0.2) is 5.11 Å². The first-order chi connectivity index (χ1) is 10.7. The fourth-order valence-corrected chi connectivity index (χ4v) is 6.06. The molecule has 2 fully saturated rings. The number of benzene rings is 1. The van der Waals surface area contributed by atoms with E-state index in [4.69, 9.17) is 0 Å². The highest BCUT2D eigenvalue weighted by molar-refractivity contribution is 5.39. The average molecular weight is 296 g/mol. The van der Waals surface area contributed by atoms with Crippen molar-refractivity contribution in [2.24, 2.45) is 17.3 Å². The lowest BCUT2D eigenvalue weighted by Gasteiger charge is -2.49. The normalized spacial score (nSPS) is 38.5. The number of fused-ring (bicyclic) bond motifs is 5. The SMILES string of the molecule is C/C=C1\CCC2C3CCc4cc(CO)ccc4C3CCC12C. The molecule has 0 spiro atoms. The first-order valence-corrected chi connectivity index (χ1v) is 9.05. The Bertz CT molecular complexity index is 614. The monoisotopic (exact) mass is 296 g/mol. The van der Waals surface area contributed by atoms with E-state index < -0.39 is 0 Å². The van der Waals surface area contributed by atoms with Crippen molar-refractivity contribution in [2.45, 2.75) is 64.9 Å². The van der Waals surface area contributed by atoms with Crippen molar-refractivity contribution in [1.29, 1.82) is 0 Å². The van der Waals surface area contributed by atoms with E-state index in [0.29, 0.717) is 5.41 Å². The van der Waals surface area contributed by atoms with Crippen LogP contribution in [0.4, 0.5) is 0 Å². The number of rotatable bonds is 1. The van der Waals surface area contributed by atoms with Gasteiger partial charge in [0.2, 0.25) is 0 Å². The van der Waals surface area contributed by atoms with Gasteiger partial charge >= 0.3 is 0 Å². The maximum Gasteiger partial charge on any atom is 0.0681 e. The van der Waals surface area contributed by atoms with Crippen LogP contribution in [0.5, 0.6) is 0 Å². The zero-order valence-corrected chi connectivity index (χ0v) is 13.9. The summed E-state index contributed by atoms with van der Waals surface area (Å²) in [5.41, 5.74) is 6.41. The topological polar surface area (TPSA) is 20.2 Å². The maximum absolute atomic E-state index is 9.38. The molecule has 0 amide bonds. The second-order valence-corrected chi connectivity index (χ2v) is 7.92. The third kappa shape index (κ3) is 1.94. The molecule has 118 valence electrons. The van der Waals surface area contributed by atoms with Crippen molar-refractivity contribution in [3.8, 4) is 0 Å². The van der Waals surface area contributed by atoms with Crippen molar-refractivity contribution in [2.75, 3.05) is 0 Å². The zero-order chi connectivity index (χ0) is 15.3. The van der Waals surface area contributed by atoms with Gasteiger partial charge in [-0.05, 0) is 85.3 Å². The van der Waals surface area contributed by atoms with Crippen molar-refractivity contribution in [3.63, 3.8) is 0 Å². The molecule has 0 bridgehead atoms. The van der Waals surface area contributed by atoms with Gasteiger partial charge in [-0.2, -0.15) is 0 Å². The maximum atomic E-state index is 9.38. The van der Waals surface area contributed by atoms with Gasteiger partial charge in [0, 0.05) is 0 Å². The summed E-state index contributed by atoms with van der Waals surface area (Å²) in [6.07, 6.45) is 10.4. The third-order valence-electron chi connectivity index (χ3n) is 7.17. The molecule has 1 N–H and O–H groups in total. The molecule has 2 saturated carbocycles. The van der Waals surface area contributed by atoms with Crippen molar-refractivity contribution in [3.05, 3.63) is 46.5 Å². The zero-order valence-electron chi connectivity index (χ0n) is 13.9. The van der Waals surface area contributed by atoms with Gasteiger partial charge in [0.05, 0.1) is 6.61 Å². The number of allylic oxidation sites excluding steroid dienone is 2. The number of aliphatic hydroxyl groups excluding tert-OH is 1. The van der Waals surface area contributed by atoms with Crippen LogP contribution in [0.2, 0.25) is 0 Å². The van der Waals surface area contributed by atoms with Crippen molar-refractivity contribution in [1.82, 2.24) is 0 Å². The lowest BCUT2D eigenvalue weighted by Crippen LogP contribution is -2.40. The van der Waals surface area contributed by atoms with E-state index in [9.17, 15) is 5.11 Å². The second kappa shape index (κ2) is 5.23. The first kappa shape index (κ1) is 14.5. The van der Waals surface area contributed by atoms with Gasteiger partial charge in [-0.1, -0.05) is 36.8 Å². The standard InChI is InChI=1S/C21H28O/c1-3-16-6-9-20-19-8-5-15-12-14(13-22)4-7-17(15)18(19)10-11-21(16,20)2/h3-4,7,12,18-20,22H,5-6,8-11,13H2,1-2H3/b16-3+. The highest BCUT2D eigenvalue weighted by Crippen LogP contribution is 2.62. The summed E-state index contributed by atoms with van der Waals surface area (Å²) in [5.74, 6) is 2.54. The molecule has 3 aliphatic rings. The van der Waals surface area contributed by atoms with E-state index in [1.807, 2.05) is 0 Å². The van der Waals surface area contributed by atoms with Gasteiger partial charge in [0.25, 0.3) is 0 Å². The lowest BCUT2D eigenvalue weighted by atomic mass is 9.55. The summed E-state index contributed by atoms with van der Waals surface area (Å²) < 4.78 is 0. The van der Waals surface area contributed by atoms with Gasteiger partial charge < -0.3 is 5.11 Å². The average Bonchev–Trinajstić information content (AvgIpc) is 2.90. The van der Waals surface area contributed by atoms with Crippen LogP contribution >= 0.6 is 0 Å². The molecule has 22 heavy (non-hydrogen) atoms. The van der Waals surface area contributed by atoms with E-state index in [1.54, 1.807) is 11.1 Å². The van der Waals surface area contributed by atoms with Crippen molar-refractivity contribution < 1.29 is 5.11 Å². The molecule has 1 aromatic carbocycles. The van der Waals surface area contributed by atoms with Gasteiger partial charge in [-0.15, -0.1) is 0 Å². The summed E-state index contributed by atoms with van der Waals surface area (Å²) in [4.78, 5) is 0. The number of aryl methyl sites for hydroxylation is 1. The smallest absolute Gasteiger partial charge is 0.0681 e. The second-order valence-electron chi connectivity index (χ2n) is 7.92. The van der Waals surface area contributed by atoms with Crippen LogP contribution in [0.25, 0.3) is 0 Å². The molecular formula is C21H28O. The van der Waals surface area contributed by atoms with E-state index in [0.717, 1.165) is 23.3 Å². The van der Waals surface area contributed by atoms with Crippen LogP contribution in [-0.2, 0) is 13.0 Å². The van der Waals surface area contributed by atoms with Gasteiger partial charge in [0.15, 0.2) is 0 Å². The number of hydrogen-bond acceptors (Lipinski definition) is 1. The molecule has 4 unspecified atom stereocenters. The van der Waals surface area contributed by atoms with Crippen molar-refractivity contribution >= 4 is 0 Å². The molecule has 0 aromatic heterocycles. The quantitative estimate of drug-likeness (QED) is 0.725. The predicted molar refractivity (Wildman–Crippen MR) is 90.7 cm³/mol. The minimum Gasteiger partial charge on any atom is -0.392 e. The highest BCUT2D eigenvalue weighted by atomic mass is 16.3. The summed E-state index contributed by atoms with van der Waals surface area (Å²) in [6.45, 7) is 4.95.